The molecule has 6 atom stereocenters. The van der Waals surface area contributed by atoms with E-state index >= 15 is 0 Å². The maximum Gasteiger partial charge on any atom is 0.250 e. The first-order valence-corrected chi connectivity index (χ1v) is 44.8. The van der Waals surface area contributed by atoms with E-state index in [0.717, 1.165) is 0 Å². The van der Waals surface area contributed by atoms with Gasteiger partial charge in [-0.1, -0.05) is 27.7 Å². The highest BCUT2D eigenvalue weighted by Crippen LogP contribution is 2.46. The molecule has 0 radical (unpaired) electrons. The van der Waals surface area contributed by atoms with Gasteiger partial charge in [-0.25, -0.2) is 86.2 Å². The van der Waals surface area contributed by atoms with E-state index in [0.29, 0.717) is 88.1 Å². The van der Waals surface area contributed by atoms with Crippen molar-refractivity contribution in [3.63, 3.8) is 0 Å². The molecular formula is C52H83N7O20S12. The van der Waals surface area contributed by atoms with Crippen LogP contribution in [-0.4, -0.2) is 187 Å². The van der Waals surface area contributed by atoms with Crippen LogP contribution in [0, 0.1) is 5.41 Å². The second-order valence-corrected chi connectivity index (χ2v) is 45.4. The van der Waals surface area contributed by atoms with E-state index in [1.807, 2.05) is 27.7 Å². The minimum atomic E-state index is -4.33. The molecular weight excluding hydrogens is 1430 g/mol. The van der Waals surface area contributed by atoms with Crippen molar-refractivity contribution in [3.05, 3.63) is 46.5 Å². The summed E-state index contributed by atoms with van der Waals surface area (Å²) in [6.45, 7) is 12.4. The molecule has 0 unspecified atom stereocenters. The molecule has 39 heteroatoms. The molecule has 3 aliphatic rings. The Morgan fingerprint density at radius 2 is 0.813 bits per heavy atom. The van der Waals surface area contributed by atoms with E-state index in [4.69, 9.17) is 18.9 Å². The van der Waals surface area contributed by atoms with Gasteiger partial charge >= 0.3 is 0 Å². The Balaban J connectivity index is 1.10. The zero-order valence-electron chi connectivity index (χ0n) is 51.8. The third kappa shape index (κ3) is 17.6. The van der Waals surface area contributed by atoms with Crippen LogP contribution in [0.3, 0.4) is 0 Å². The summed E-state index contributed by atoms with van der Waals surface area (Å²) in [4.78, 5) is 0. The maximum atomic E-state index is 13.8. The number of fused-ring (bicyclic) bond motifs is 3. The highest BCUT2D eigenvalue weighted by molar-refractivity contribution is 7.97. The third-order valence-electron chi connectivity index (χ3n) is 15.5. The molecule has 4 aromatic rings. The van der Waals surface area contributed by atoms with Gasteiger partial charge in [0.05, 0.1) is 79.3 Å². The van der Waals surface area contributed by atoms with Gasteiger partial charge in [0, 0.05) is 55.9 Å². The molecule has 518 valence electrons. The topological polar surface area (TPSA) is 394 Å². The monoisotopic (exact) mass is 1510 g/mol. The van der Waals surface area contributed by atoms with Crippen molar-refractivity contribution in [3.8, 4) is 0 Å². The summed E-state index contributed by atoms with van der Waals surface area (Å²) >= 11 is 2.53. The van der Waals surface area contributed by atoms with Gasteiger partial charge in [0.2, 0.25) is 40.1 Å². The summed E-state index contributed by atoms with van der Waals surface area (Å²) in [5.74, 6) is -0.219. The Morgan fingerprint density at radius 1 is 0.484 bits per heavy atom. The van der Waals surface area contributed by atoms with Crippen LogP contribution in [0.4, 0.5) is 0 Å². The Bertz CT molecular complexity index is 4010. The van der Waals surface area contributed by atoms with Gasteiger partial charge in [-0.3, -0.25) is 0 Å². The molecule has 0 saturated heterocycles. The summed E-state index contributed by atoms with van der Waals surface area (Å²) in [7, 11) is -32.5. The van der Waals surface area contributed by atoms with Crippen LogP contribution in [0.2, 0.25) is 0 Å². The molecule has 0 saturated carbocycles. The lowest BCUT2D eigenvalue weighted by Crippen LogP contribution is -2.44. The summed E-state index contributed by atoms with van der Waals surface area (Å²) in [5.41, 5.74) is -0.0550. The van der Waals surface area contributed by atoms with E-state index < -0.39 is 118 Å². The molecule has 7 heterocycles. The van der Waals surface area contributed by atoms with Crippen LogP contribution in [0.1, 0.15) is 122 Å². The van der Waals surface area contributed by atoms with Crippen molar-refractivity contribution in [1.82, 2.24) is 34.8 Å². The molecule has 4 aromatic heterocycles. The van der Waals surface area contributed by atoms with Gasteiger partial charge in [0.25, 0.3) is 0 Å². The molecule has 3 aliphatic heterocycles. The summed E-state index contributed by atoms with van der Waals surface area (Å²) < 4.78 is 249. The van der Waals surface area contributed by atoms with E-state index in [2.05, 4.69) is 34.8 Å². The summed E-state index contributed by atoms with van der Waals surface area (Å²) in [5, 5.41) is 6.41. The summed E-state index contributed by atoms with van der Waals surface area (Å²) in [6, 6.07) is 4.52. The maximum absolute atomic E-state index is 13.8. The predicted octanol–water partition coefficient (Wildman–Crippen LogP) is 3.59. The standard InChI is InChI=1S/C52H83N7O20S12/c1-10-53-28-38-24-44(80-48(38)84(60,61)33(4)5)88(68,69)56-13-17-76-29-52(30-77-18-14-57-89(70,71)45-25-39-34(6)21-35(7)85(62,63)49(39)81-45,31-78-19-15-58-90(72,73)46-26-40-42(54-11-2)22-36(8)86(64,65)50(40)82-46)32-79-20-16-59-91(74,75)47-27-41-43(55-12-3)23-37(9)87(66,67)51(41)83-47/h24-27,33-37,42-43,53-59H,10-23,28-32H2,1-9H3/t34-,35-,36-,37-,42-,43-/m0/s1. The van der Waals surface area contributed by atoms with Gasteiger partial charge in [-0.05, 0) is 115 Å². The number of rotatable bonds is 37. The van der Waals surface area contributed by atoms with Gasteiger partial charge in [0.15, 0.2) is 39.3 Å². The molecule has 91 heavy (non-hydrogen) atoms. The lowest BCUT2D eigenvalue weighted by atomic mass is 9.92. The van der Waals surface area contributed by atoms with Crippen molar-refractivity contribution in [2.24, 2.45) is 5.41 Å². The summed E-state index contributed by atoms with van der Waals surface area (Å²) in [6.07, 6.45) is 0.803. The average molecular weight is 1510 g/mol. The van der Waals surface area contributed by atoms with E-state index in [1.54, 1.807) is 20.8 Å². The second kappa shape index (κ2) is 30.8. The molecule has 0 aliphatic carbocycles. The zero-order chi connectivity index (χ0) is 67.3. The average Bonchev–Trinajstić information content (AvgIpc) is 1.66. The highest BCUT2D eigenvalue weighted by atomic mass is 32.3. The van der Waals surface area contributed by atoms with Crippen LogP contribution < -0.4 is 34.8 Å². The minimum absolute atomic E-state index is 0.0118. The number of sulfone groups is 4. The fourth-order valence-electron chi connectivity index (χ4n) is 10.4. The first-order chi connectivity index (χ1) is 42.4. The van der Waals surface area contributed by atoms with Crippen molar-refractivity contribution in [1.29, 1.82) is 0 Å². The van der Waals surface area contributed by atoms with Crippen molar-refractivity contribution < 1.29 is 86.3 Å². The third-order valence-corrected chi connectivity index (χ3v) is 38.9. The Hall–Kier alpha value is -2.04. The van der Waals surface area contributed by atoms with Crippen LogP contribution in [0.25, 0.3) is 0 Å². The minimum Gasteiger partial charge on any atom is -0.379 e. The first kappa shape index (κ1) is 76.3. The highest BCUT2D eigenvalue weighted by Gasteiger charge is 2.43. The predicted molar refractivity (Wildman–Crippen MR) is 348 cm³/mol. The fourth-order valence-corrected chi connectivity index (χ4v) is 30.5. The Kier molecular flexibility index (Phi) is 25.8. The van der Waals surface area contributed by atoms with Gasteiger partial charge < -0.3 is 34.9 Å². The number of hydrogen-bond donors (Lipinski definition) is 7. The van der Waals surface area contributed by atoms with Crippen molar-refractivity contribution in [2.75, 3.05) is 98.7 Å². The normalized spacial score (nSPS) is 21.8. The molecule has 0 amide bonds. The number of thiophene rings is 4. The van der Waals surface area contributed by atoms with Crippen molar-refractivity contribution >= 4 is 125 Å². The van der Waals surface area contributed by atoms with E-state index in [-0.39, 0.29) is 144 Å². The lowest BCUT2D eigenvalue weighted by Gasteiger charge is -2.33. The molecule has 0 bridgehead atoms. The first-order valence-electron chi connectivity index (χ1n) is 29.4. The van der Waals surface area contributed by atoms with Crippen LogP contribution >= 0.6 is 45.3 Å². The van der Waals surface area contributed by atoms with Gasteiger partial charge in [-0.2, -0.15) is 0 Å². The molecule has 7 N–H and O–H groups in total. The largest absolute Gasteiger partial charge is 0.379 e. The lowest BCUT2D eigenvalue weighted by molar-refractivity contribution is -0.104. The van der Waals surface area contributed by atoms with Gasteiger partial charge in [0.1, 0.15) is 33.7 Å². The number of nitrogens with one attached hydrogen (secondary N) is 7. The van der Waals surface area contributed by atoms with Crippen molar-refractivity contribution in [2.45, 2.75) is 161 Å². The smallest absolute Gasteiger partial charge is 0.250 e. The quantitative estimate of drug-likeness (QED) is 0.0317. The molecule has 27 nitrogen and oxygen atoms in total. The number of ether oxygens (including phenoxy) is 4. The SMILES string of the molecule is CCNCc1cc(S(=O)(=O)NCCOCC(COCCNS(=O)(=O)c2cc3c(s2)S(=O)(=O)[C@@H](C)C[C@@H]3NCC)(COCCNS(=O)(=O)c2cc3c(s2)S(=O)(=O)[C@@H](C)C[C@@H]3NCC)COCCNS(=O)(=O)c2cc3c(s2)S(=O)(=O)[C@@H](C)C[C@@H]3C)sc1S(=O)(=O)C(C)C. The van der Waals surface area contributed by atoms with E-state index in [9.17, 15) is 67.3 Å². The van der Waals surface area contributed by atoms with E-state index in [1.165, 1.54) is 38.1 Å². The molecule has 7 rings (SSSR count). The number of hydrogen-bond acceptors (Lipinski definition) is 27. The zero-order valence-corrected chi connectivity index (χ0v) is 61.6. The molecule has 0 aromatic carbocycles. The van der Waals surface area contributed by atoms with Crippen LogP contribution in [0.15, 0.2) is 57.9 Å². The Labute approximate surface area is 552 Å². The molecule has 0 spiro atoms. The van der Waals surface area contributed by atoms with Crippen LogP contribution in [-0.2, 0) is 105 Å². The Morgan fingerprint density at radius 3 is 1.15 bits per heavy atom. The van der Waals surface area contributed by atoms with Gasteiger partial charge in [-0.15, -0.1) is 45.3 Å². The second-order valence-electron chi connectivity index (χ2n) is 22.9. The molecule has 0 fully saturated rings. The van der Waals surface area contributed by atoms with Crippen LogP contribution in [0.5, 0.6) is 0 Å². The number of sulfonamides is 4. The fraction of sp³-hybridized carbons (Fsp3) is 0.692.